The Morgan fingerprint density at radius 3 is 2.74 bits per heavy atom. The number of nitrogens with one attached hydrogen (secondary N) is 1. The third-order valence-electron chi connectivity index (χ3n) is 6.16. The Labute approximate surface area is 159 Å². The van der Waals surface area contributed by atoms with E-state index in [9.17, 15) is 4.79 Å². The minimum absolute atomic E-state index is 0.0670. The van der Waals surface area contributed by atoms with Gasteiger partial charge in [-0.2, -0.15) is 0 Å². The van der Waals surface area contributed by atoms with Gasteiger partial charge in [-0.1, -0.05) is 24.3 Å². The lowest BCUT2D eigenvalue weighted by Crippen LogP contribution is -2.23. The Kier molecular flexibility index (Phi) is 3.92. The van der Waals surface area contributed by atoms with Gasteiger partial charge in [-0.15, -0.1) is 0 Å². The maximum atomic E-state index is 12.4. The molecule has 2 aliphatic carbocycles. The first-order valence-electron chi connectivity index (χ1n) is 9.68. The monoisotopic (exact) mass is 361 g/mol. The number of para-hydroxylation sites is 1. The van der Waals surface area contributed by atoms with Crippen LogP contribution < -0.4 is 14.8 Å². The molecule has 4 nitrogen and oxygen atoms in total. The number of anilines is 1. The van der Waals surface area contributed by atoms with E-state index in [1.165, 1.54) is 19.3 Å². The number of fused-ring (bicyclic) bond motifs is 3. The molecule has 2 bridgehead atoms. The van der Waals surface area contributed by atoms with Crippen molar-refractivity contribution in [3.05, 3.63) is 53.6 Å². The fourth-order valence-electron chi connectivity index (χ4n) is 4.82. The molecule has 2 aromatic carbocycles. The summed E-state index contributed by atoms with van der Waals surface area (Å²) < 4.78 is 11.9. The van der Waals surface area contributed by atoms with Crippen molar-refractivity contribution in [2.45, 2.75) is 31.8 Å². The van der Waals surface area contributed by atoms with Crippen molar-refractivity contribution in [2.24, 2.45) is 11.8 Å². The molecule has 2 fully saturated rings. The number of ether oxygens (including phenoxy) is 2. The van der Waals surface area contributed by atoms with E-state index < -0.39 is 0 Å². The molecular formula is C23H23NO3. The van der Waals surface area contributed by atoms with E-state index >= 15 is 0 Å². The number of hydrogen-bond donors (Lipinski definition) is 1. The minimum atomic E-state index is -0.0670. The predicted octanol–water partition coefficient (Wildman–Crippen LogP) is 4.76. The molecule has 3 unspecified atom stereocenters. The molecule has 1 N–H and O–H groups in total. The second-order valence-corrected chi connectivity index (χ2v) is 7.80. The Bertz CT molecular complexity index is 933. The summed E-state index contributed by atoms with van der Waals surface area (Å²) in [5.74, 6) is 2.96. The summed E-state index contributed by atoms with van der Waals surface area (Å²) in [5, 5.41) is 2.92. The quantitative estimate of drug-likeness (QED) is 0.799. The fourth-order valence-corrected chi connectivity index (χ4v) is 4.82. The van der Waals surface area contributed by atoms with Crippen LogP contribution in [0.3, 0.4) is 0 Å². The maximum Gasteiger partial charge on any atom is 0.256 e. The summed E-state index contributed by atoms with van der Waals surface area (Å²) in [6.45, 7) is 0. The number of carbonyl (C=O) groups is 1. The summed E-state index contributed by atoms with van der Waals surface area (Å²) >= 11 is 0. The van der Waals surface area contributed by atoms with Crippen molar-refractivity contribution in [3.8, 4) is 11.5 Å². The van der Waals surface area contributed by atoms with Crippen molar-refractivity contribution < 1.29 is 14.3 Å². The van der Waals surface area contributed by atoms with Crippen LogP contribution in [0.4, 0.5) is 5.69 Å². The lowest BCUT2D eigenvalue weighted by Gasteiger charge is -2.24. The van der Waals surface area contributed by atoms with Gasteiger partial charge >= 0.3 is 0 Å². The Morgan fingerprint density at radius 2 is 1.96 bits per heavy atom. The van der Waals surface area contributed by atoms with Crippen LogP contribution in [0.1, 0.15) is 36.8 Å². The third-order valence-corrected chi connectivity index (χ3v) is 6.16. The number of benzene rings is 2. The van der Waals surface area contributed by atoms with Gasteiger partial charge < -0.3 is 14.8 Å². The highest BCUT2D eigenvalue weighted by atomic mass is 16.5. The summed E-state index contributed by atoms with van der Waals surface area (Å²) in [4.78, 5) is 12.4. The average Bonchev–Trinajstić information content (AvgIpc) is 3.37. The second-order valence-electron chi connectivity index (χ2n) is 7.80. The van der Waals surface area contributed by atoms with E-state index in [0.717, 1.165) is 40.7 Å². The van der Waals surface area contributed by atoms with Crippen LogP contribution in [-0.4, -0.2) is 19.1 Å². The molecule has 1 amide bonds. The van der Waals surface area contributed by atoms with Gasteiger partial charge in [-0.3, -0.25) is 4.79 Å². The topological polar surface area (TPSA) is 47.6 Å². The van der Waals surface area contributed by atoms with Crippen molar-refractivity contribution in [3.63, 3.8) is 0 Å². The summed E-state index contributed by atoms with van der Waals surface area (Å²) in [6.07, 6.45) is 7.29. The molecule has 3 aliphatic rings. The molecule has 1 aliphatic heterocycles. The maximum absolute atomic E-state index is 12.4. The zero-order chi connectivity index (χ0) is 18.4. The van der Waals surface area contributed by atoms with Gasteiger partial charge in [0.1, 0.15) is 6.10 Å². The highest BCUT2D eigenvalue weighted by molar-refractivity contribution is 6.34. The van der Waals surface area contributed by atoms with Crippen LogP contribution in [0.5, 0.6) is 11.5 Å². The number of methoxy groups -OCH3 is 1. The van der Waals surface area contributed by atoms with Gasteiger partial charge in [0, 0.05) is 16.8 Å². The minimum Gasteiger partial charge on any atom is -0.493 e. The molecule has 2 aromatic rings. The molecule has 4 heteroatoms. The third kappa shape index (κ3) is 2.89. The Morgan fingerprint density at radius 1 is 1.07 bits per heavy atom. The van der Waals surface area contributed by atoms with Crippen molar-refractivity contribution >= 4 is 23.2 Å². The Hall–Kier alpha value is -2.75. The highest BCUT2D eigenvalue weighted by Crippen LogP contribution is 2.47. The molecule has 2 saturated carbocycles. The Balaban J connectivity index is 1.46. The molecule has 0 spiro atoms. The fraction of sp³-hybridized carbons (Fsp3) is 0.348. The van der Waals surface area contributed by atoms with Gasteiger partial charge in [-0.25, -0.2) is 0 Å². The van der Waals surface area contributed by atoms with E-state index in [0.29, 0.717) is 11.5 Å². The van der Waals surface area contributed by atoms with Crippen LogP contribution in [0, 0.1) is 11.8 Å². The first kappa shape index (κ1) is 16.4. The van der Waals surface area contributed by atoms with E-state index in [-0.39, 0.29) is 12.0 Å². The van der Waals surface area contributed by atoms with Crippen LogP contribution in [0.2, 0.25) is 0 Å². The summed E-state index contributed by atoms with van der Waals surface area (Å²) in [7, 11) is 1.67. The molecule has 3 atom stereocenters. The van der Waals surface area contributed by atoms with Crippen molar-refractivity contribution in [2.75, 3.05) is 12.4 Å². The molecule has 27 heavy (non-hydrogen) atoms. The highest BCUT2D eigenvalue weighted by Gasteiger charge is 2.41. The van der Waals surface area contributed by atoms with Crippen LogP contribution in [0.25, 0.3) is 11.6 Å². The molecule has 0 aromatic heterocycles. The van der Waals surface area contributed by atoms with E-state index in [4.69, 9.17) is 9.47 Å². The molecule has 5 rings (SSSR count). The van der Waals surface area contributed by atoms with Gasteiger partial charge in [0.25, 0.3) is 5.91 Å². The van der Waals surface area contributed by atoms with Crippen LogP contribution in [-0.2, 0) is 4.79 Å². The number of amides is 1. The first-order valence-corrected chi connectivity index (χ1v) is 9.68. The summed E-state index contributed by atoms with van der Waals surface area (Å²) in [6, 6.07) is 13.6. The zero-order valence-corrected chi connectivity index (χ0v) is 15.4. The second kappa shape index (κ2) is 6.45. The number of hydrogen-bond acceptors (Lipinski definition) is 3. The zero-order valence-electron chi connectivity index (χ0n) is 15.4. The average molecular weight is 361 g/mol. The number of carbonyl (C=O) groups excluding carboxylic acids is 1. The van der Waals surface area contributed by atoms with E-state index in [1.807, 2.05) is 48.5 Å². The van der Waals surface area contributed by atoms with Crippen molar-refractivity contribution in [1.29, 1.82) is 0 Å². The lowest BCUT2D eigenvalue weighted by molar-refractivity contribution is -0.110. The molecule has 0 saturated heterocycles. The van der Waals surface area contributed by atoms with Crippen LogP contribution in [0.15, 0.2) is 42.5 Å². The standard InChI is InChI=1S/C23H23NO3/c1-26-20-9-7-15(11-18-17-4-2-3-5-19(17)24-23(18)25)13-22(20)27-21-12-14-6-8-16(21)10-14/h2-5,7,9,11,13-14,16,21H,6,8,10,12H2,1H3,(H,24,25)/b18-11+. The normalized spacial score (nSPS) is 26.9. The summed E-state index contributed by atoms with van der Waals surface area (Å²) in [5.41, 5.74) is 3.42. The smallest absolute Gasteiger partial charge is 0.256 e. The van der Waals surface area contributed by atoms with Gasteiger partial charge in [0.05, 0.1) is 7.11 Å². The van der Waals surface area contributed by atoms with E-state index in [2.05, 4.69) is 5.32 Å². The predicted molar refractivity (Wildman–Crippen MR) is 106 cm³/mol. The van der Waals surface area contributed by atoms with Gasteiger partial charge in [-0.05, 0) is 67.4 Å². The largest absolute Gasteiger partial charge is 0.493 e. The molecule has 0 radical (unpaired) electrons. The van der Waals surface area contributed by atoms with Gasteiger partial charge in [0.15, 0.2) is 11.5 Å². The van der Waals surface area contributed by atoms with Crippen LogP contribution >= 0.6 is 0 Å². The van der Waals surface area contributed by atoms with E-state index in [1.54, 1.807) is 7.11 Å². The van der Waals surface area contributed by atoms with Crippen molar-refractivity contribution in [1.82, 2.24) is 0 Å². The van der Waals surface area contributed by atoms with Gasteiger partial charge in [0.2, 0.25) is 0 Å². The lowest BCUT2D eigenvalue weighted by atomic mass is 9.97. The molecule has 1 heterocycles. The number of rotatable bonds is 4. The molecular weight excluding hydrogens is 338 g/mol. The molecule has 138 valence electrons. The first-order chi connectivity index (χ1) is 13.2. The SMILES string of the molecule is COc1ccc(/C=C2/C(=O)Nc3ccccc32)cc1OC1CC2CCC1C2.